The second-order valence-electron chi connectivity index (χ2n) is 6.65. The quantitative estimate of drug-likeness (QED) is 0.682. The number of hydrogen-bond acceptors (Lipinski definition) is 6. The molecule has 142 valence electrons. The average Bonchev–Trinajstić information content (AvgIpc) is 2.65. The summed E-state index contributed by atoms with van der Waals surface area (Å²) in [7, 11) is -3.86. The normalized spacial score (nSPS) is 15.6. The van der Waals surface area contributed by atoms with Gasteiger partial charge in [0, 0.05) is 26.2 Å². The summed E-state index contributed by atoms with van der Waals surface area (Å²) in [6.45, 7) is 2.46. The lowest BCUT2D eigenvalue weighted by Crippen LogP contribution is -2.39. The number of hydrogen-bond donors (Lipinski definition) is 3. The minimum absolute atomic E-state index is 0.114. The van der Waals surface area contributed by atoms with Gasteiger partial charge in [-0.2, -0.15) is 5.26 Å². The van der Waals surface area contributed by atoms with Crippen molar-refractivity contribution in [3.05, 3.63) is 59.2 Å². The number of nitrogens with one attached hydrogen (secondary N) is 1. The number of aliphatic hydroxyl groups excluding tert-OH is 1. The van der Waals surface area contributed by atoms with E-state index < -0.39 is 16.1 Å². The molecule has 0 amide bonds. The highest BCUT2D eigenvalue weighted by molar-refractivity contribution is 7.89. The largest absolute Gasteiger partial charge is 0.390 e. The van der Waals surface area contributed by atoms with Crippen LogP contribution in [0.5, 0.6) is 0 Å². The number of nitrogens with zero attached hydrogens (tertiary/aromatic N) is 2. The number of primary sulfonamides is 1. The number of aliphatic hydroxyl groups is 1. The van der Waals surface area contributed by atoms with E-state index in [9.17, 15) is 18.8 Å². The maximum Gasteiger partial charge on any atom is 0.238 e. The highest BCUT2D eigenvalue weighted by Gasteiger charge is 2.19. The van der Waals surface area contributed by atoms with Gasteiger partial charge in [0.15, 0.2) is 0 Å². The molecule has 1 atom stereocenters. The van der Waals surface area contributed by atoms with Crippen molar-refractivity contribution in [3.63, 3.8) is 0 Å². The Morgan fingerprint density at radius 1 is 1.26 bits per heavy atom. The summed E-state index contributed by atoms with van der Waals surface area (Å²) < 4.78 is 22.8. The highest BCUT2D eigenvalue weighted by atomic mass is 32.2. The molecule has 4 N–H and O–H groups in total. The minimum atomic E-state index is -3.86. The number of rotatable bonds is 6. The number of anilines is 1. The molecule has 1 aliphatic rings. The summed E-state index contributed by atoms with van der Waals surface area (Å²) in [5, 5.41) is 27.7. The van der Waals surface area contributed by atoms with Gasteiger partial charge in [-0.15, -0.1) is 0 Å². The van der Waals surface area contributed by atoms with E-state index in [1.54, 1.807) is 0 Å². The molecule has 0 fully saturated rings. The molecule has 2 aromatic carbocycles. The molecular formula is C19H22N4O3S. The van der Waals surface area contributed by atoms with Crippen LogP contribution in [0.15, 0.2) is 47.4 Å². The zero-order valence-electron chi connectivity index (χ0n) is 14.8. The lowest BCUT2D eigenvalue weighted by molar-refractivity contribution is 0.114. The lowest BCUT2D eigenvalue weighted by atomic mass is 10.00. The predicted molar refractivity (Wildman–Crippen MR) is 102 cm³/mol. The lowest BCUT2D eigenvalue weighted by Gasteiger charge is -2.30. The molecule has 7 nitrogen and oxygen atoms in total. The molecule has 0 saturated carbocycles. The molecule has 0 aliphatic carbocycles. The predicted octanol–water partition coefficient (Wildman–Crippen LogP) is 1.04. The number of benzene rings is 2. The number of nitrogens with two attached hydrogens (primary N) is 1. The zero-order valence-corrected chi connectivity index (χ0v) is 15.6. The Morgan fingerprint density at radius 2 is 2.00 bits per heavy atom. The van der Waals surface area contributed by atoms with E-state index >= 15 is 0 Å². The van der Waals surface area contributed by atoms with Crippen LogP contribution >= 0.6 is 0 Å². The van der Waals surface area contributed by atoms with E-state index in [4.69, 9.17) is 5.14 Å². The molecule has 3 rings (SSSR count). The fourth-order valence-electron chi connectivity index (χ4n) is 3.25. The molecule has 0 aromatic heterocycles. The second kappa shape index (κ2) is 8.06. The average molecular weight is 386 g/mol. The molecule has 2 aromatic rings. The summed E-state index contributed by atoms with van der Waals surface area (Å²) in [6, 6.07) is 14.3. The van der Waals surface area contributed by atoms with Crippen LogP contribution in [0.1, 0.15) is 16.7 Å². The van der Waals surface area contributed by atoms with Crippen molar-refractivity contribution in [2.75, 3.05) is 25.0 Å². The first kappa shape index (κ1) is 19.3. The summed E-state index contributed by atoms with van der Waals surface area (Å²) in [5.41, 5.74) is 3.28. The monoisotopic (exact) mass is 386 g/mol. The van der Waals surface area contributed by atoms with Crippen LogP contribution in [-0.4, -0.2) is 44.2 Å². The third kappa shape index (κ3) is 4.84. The van der Waals surface area contributed by atoms with Crippen molar-refractivity contribution in [2.45, 2.75) is 24.0 Å². The van der Waals surface area contributed by atoms with Gasteiger partial charge in [0.2, 0.25) is 10.0 Å². The van der Waals surface area contributed by atoms with Crippen molar-refractivity contribution in [1.82, 2.24) is 4.90 Å². The zero-order chi connectivity index (χ0) is 19.4. The van der Waals surface area contributed by atoms with E-state index in [1.165, 1.54) is 29.3 Å². The van der Waals surface area contributed by atoms with E-state index in [2.05, 4.69) is 22.3 Å². The van der Waals surface area contributed by atoms with Crippen molar-refractivity contribution in [1.29, 1.82) is 5.26 Å². The van der Waals surface area contributed by atoms with Crippen molar-refractivity contribution >= 4 is 15.7 Å². The third-order valence-electron chi connectivity index (χ3n) is 4.65. The topological polar surface area (TPSA) is 119 Å². The van der Waals surface area contributed by atoms with Crippen LogP contribution in [0, 0.1) is 11.3 Å². The molecule has 0 saturated heterocycles. The van der Waals surface area contributed by atoms with Gasteiger partial charge in [-0.25, -0.2) is 13.6 Å². The molecule has 0 bridgehead atoms. The first-order valence-corrected chi connectivity index (χ1v) is 10.2. The molecule has 1 heterocycles. The number of nitriles is 1. The van der Waals surface area contributed by atoms with Crippen LogP contribution in [0.4, 0.5) is 5.69 Å². The van der Waals surface area contributed by atoms with Gasteiger partial charge in [0.1, 0.15) is 6.07 Å². The Morgan fingerprint density at radius 3 is 2.70 bits per heavy atom. The third-order valence-corrected chi connectivity index (χ3v) is 5.56. The SMILES string of the molecule is N#Cc1cc(S(N)(=O)=O)ccc1NCC(O)CN1CCc2ccccc2C1. The standard InChI is InChI=1S/C19H22N4O3S/c20-10-16-9-18(27(21,25)26)5-6-19(16)22-11-17(24)13-23-8-7-14-3-1-2-4-15(14)12-23/h1-6,9,17,22,24H,7-8,11-13H2,(H2,21,25,26). The first-order chi connectivity index (χ1) is 12.9. The van der Waals surface area contributed by atoms with Gasteiger partial charge >= 0.3 is 0 Å². The number of fused-ring (bicyclic) bond motifs is 1. The van der Waals surface area contributed by atoms with Gasteiger partial charge in [-0.1, -0.05) is 24.3 Å². The maximum atomic E-state index is 11.4. The Kier molecular flexibility index (Phi) is 5.77. The van der Waals surface area contributed by atoms with Crippen LogP contribution in [0.25, 0.3) is 0 Å². The van der Waals surface area contributed by atoms with Gasteiger partial charge in [0.05, 0.1) is 22.3 Å². The van der Waals surface area contributed by atoms with Gasteiger partial charge < -0.3 is 10.4 Å². The summed E-state index contributed by atoms with van der Waals surface area (Å²) in [6.07, 6.45) is 0.337. The van der Waals surface area contributed by atoms with Gasteiger partial charge in [-0.3, -0.25) is 4.90 Å². The van der Waals surface area contributed by atoms with Crippen LogP contribution in [0.2, 0.25) is 0 Å². The van der Waals surface area contributed by atoms with Gasteiger partial charge in [-0.05, 0) is 35.7 Å². The number of β-amino-alcohol motifs (C(OH)–C–C–N with tert-alkyl or cyclic N) is 1. The second-order valence-corrected chi connectivity index (χ2v) is 8.21. The highest BCUT2D eigenvalue weighted by Crippen LogP contribution is 2.20. The molecule has 1 unspecified atom stereocenters. The molecular weight excluding hydrogens is 364 g/mol. The molecule has 1 aliphatic heterocycles. The van der Waals surface area contributed by atoms with E-state index in [0.29, 0.717) is 12.2 Å². The summed E-state index contributed by atoms with van der Waals surface area (Å²) >= 11 is 0. The van der Waals surface area contributed by atoms with E-state index in [0.717, 1.165) is 19.5 Å². The Balaban J connectivity index is 1.58. The Hall–Kier alpha value is -2.44. The van der Waals surface area contributed by atoms with E-state index in [-0.39, 0.29) is 17.0 Å². The fraction of sp³-hybridized carbons (Fsp3) is 0.316. The maximum absolute atomic E-state index is 11.4. The Labute approximate surface area is 159 Å². The molecule has 27 heavy (non-hydrogen) atoms. The number of sulfonamides is 1. The van der Waals surface area contributed by atoms with Crippen molar-refractivity contribution < 1.29 is 13.5 Å². The van der Waals surface area contributed by atoms with Crippen LogP contribution in [0.3, 0.4) is 0 Å². The minimum Gasteiger partial charge on any atom is -0.390 e. The van der Waals surface area contributed by atoms with E-state index in [1.807, 2.05) is 18.2 Å². The smallest absolute Gasteiger partial charge is 0.238 e. The molecule has 0 radical (unpaired) electrons. The van der Waals surface area contributed by atoms with Crippen LogP contribution < -0.4 is 10.5 Å². The van der Waals surface area contributed by atoms with Crippen molar-refractivity contribution in [3.8, 4) is 6.07 Å². The van der Waals surface area contributed by atoms with Crippen molar-refractivity contribution in [2.24, 2.45) is 5.14 Å². The Bertz CT molecular complexity index is 969. The fourth-order valence-corrected chi connectivity index (χ4v) is 3.79. The molecule has 8 heteroatoms. The van der Waals surface area contributed by atoms with Gasteiger partial charge in [0.25, 0.3) is 0 Å². The van der Waals surface area contributed by atoms with Crippen LogP contribution in [-0.2, 0) is 23.0 Å². The summed E-state index contributed by atoms with van der Waals surface area (Å²) in [4.78, 5) is 2.08. The first-order valence-electron chi connectivity index (χ1n) is 8.65. The summed E-state index contributed by atoms with van der Waals surface area (Å²) in [5.74, 6) is 0. The molecule has 0 spiro atoms.